The Morgan fingerprint density at radius 3 is 2.06 bits per heavy atom. The fourth-order valence-corrected chi connectivity index (χ4v) is 3.10. The molecule has 1 aliphatic rings. The minimum atomic E-state index is -0.224. The Labute approximate surface area is 100 Å². The molecule has 0 N–H and O–H groups in total. The van der Waals surface area contributed by atoms with Crippen LogP contribution in [0.1, 0.15) is 59.8 Å². The molecule has 94 valence electrons. The van der Waals surface area contributed by atoms with Crippen LogP contribution in [0.25, 0.3) is 0 Å². The number of carbonyl (C=O) groups is 1. The number of Topliss-reactive ketones (excluding diaryl/α,β-unsaturated/α-hetero) is 1. The molecular weight excluding hydrogens is 198 g/mol. The summed E-state index contributed by atoms with van der Waals surface area (Å²) in [4.78, 5) is 14.9. The summed E-state index contributed by atoms with van der Waals surface area (Å²) >= 11 is 0. The fraction of sp³-hybridized carbons (Fsp3) is 0.929. The number of carbonyl (C=O) groups excluding carboxylic acids is 1. The van der Waals surface area contributed by atoms with Crippen LogP contribution in [0.4, 0.5) is 0 Å². The van der Waals surface area contributed by atoms with Crippen LogP contribution in [0, 0.1) is 5.92 Å². The van der Waals surface area contributed by atoms with E-state index in [1.165, 1.54) is 12.8 Å². The normalized spacial score (nSPS) is 21.3. The molecule has 0 spiro atoms. The standard InChI is InChI=1S/C14H27NO/c1-5-14(4,15(6-2)7-3)13(16)12-10-8-9-11-12/h12H,5-11H2,1-4H3. The van der Waals surface area contributed by atoms with Crippen LogP contribution < -0.4 is 0 Å². The largest absolute Gasteiger partial charge is 0.297 e. The molecule has 16 heavy (non-hydrogen) atoms. The van der Waals surface area contributed by atoms with Crippen molar-refractivity contribution in [1.29, 1.82) is 0 Å². The third-order valence-corrected chi connectivity index (χ3v) is 4.41. The van der Waals surface area contributed by atoms with Gasteiger partial charge in [0.05, 0.1) is 5.54 Å². The molecule has 0 radical (unpaired) electrons. The monoisotopic (exact) mass is 225 g/mol. The highest BCUT2D eigenvalue weighted by Gasteiger charge is 2.40. The fourth-order valence-electron chi connectivity index (χ4n) is 3.10. The maximum atomic E-state index is 12.6. The SMILES string of the molecule is CCN(CC)C(C)(CC)C(=O)C1CCCC1. The van der Waals surface area contributed by atoms with Crippen LogP contribution in [0.15, 0.2) is 0 Å². The van der Waals surface area contributed by atoms with Gasteiger partial charge < -0.3 is 0 Å². The number of likely N-dealkylation sites (N-methyl/N-ethyl adjacent to an activating group) is 1. The van der Waals surface area contributed by atoms with E-state index in [0.29, 0.717) is 11.7 Å². The molecule has 0 aromatic carbocycles. The van der Waals surface area contributed by atoms with Gasteiger partial charge in [-0.25, -0.2) is 0 Å². The molecular formula is C14H27NO. The minimum absolute atomic E-state index is 0.224. The lowest BCUT2D eigenvalue weighted by Gasteiger charge is -2.40. The lowest BCUT2D eigenvalue weighted by Crippen LogP contribution is -2.53. The lowest BCUT2D eigenvalue weighted by atomic mass is 9.82. The average Bonchev–Trinajstić information content (AvgIpc) is 2.82. The summed E-state index contributed by atoms with van der Waals surface area (Å²) < 4.78 is 0. The summed E-state index contributed by atoms with van der Waals surface area (Å²) in [6.45, 7) is 10.5. The van der Waals surface area contributed by atoms with Gasteiger partial charge >= 0.3 is 0 Å². The van der Waals surface area contributed by atoms with Gasteiger partial charge in [0.15, 0.2) is 5.78 Å². The molecule has 1 fully saturated rings. The summed E-state index contributed by atoms with van der Waals surface area (Å²) in [5, 5.41) is 0. The molecule has 0 aromatic heterocycles. The van der Waals surface area contributed by atoms with E-state index in [1.807, 2.05) is 0 Å². The molecule has 0 aliphatic heterocycles. The number of rotatable bonds is 6. The van der Waals surface area contributed by atoms with Crippen LogP contribution >= 0.6 is 0 Å². The van der Waals surface area contributed by atoms with E-state index < -0.39 is 0 Å². The Kier molecular flexibility index (Phi) is 4.97. The smallest absolute Gasteiger partial charge is 0.155 e. The molecule has 1 unspecified atom stereocenters. The first-order valence-corrected chi connectivity index (χ1v) is 6.89. The van der Waals surface area contributed by atoms with E-state index in [0.717, 1.165) is 32.4 Å². The molecule has 1 aliphatic carbocycles. The predicted molar refractivity (Wildman–Crippen MR) is 68.6 cm³/mol. The third kappa shape index (κ3) is 2.48. The Bertz CT molecular complexity index is 229. The molecule has 2 heteroatoms. The molecule has 0 amide bonds. The molecule has 1 saturated carbocycles. The topological polar surface area (TPSA) is 20.3 Å². The van der Waals surface area contributed by atoms with Gasteiger partial charge in [-0.1, -0.05) is 33.6 Å². The molecule has 0 bridgehead atoms. The van der Waals surface area contributed by atoms with Crippen LogP contribution in [-0.4, -0.2) is 29.3 Å². The van der Waals surface area contributed by atoms with Gasteiger partial charge in [-0.15, -0.1) is 0 Å². The second kappa shape index (κ2) is 5.81. The number of hydrogen-bond acceptors (Lipinski definition) is 2. The van der Waals surface area contributed by atoms with Crippen LogP contribution in [-0.2, 0) is 4.79 Å². The molecule has 0 saturated heterocycles. The summed E-state index contributed by atoms with van der Waals surface area (Å²) in [6.07, 6.45) is 5.66. The Hall–Kier alpha value is -0.370. The molecule has 0 aromatic rings. The van der Waals surface area contributed by atoms with Crippen molar-refractivity contribution in [3.8, 4) is 0 Å². The van der Waals surface area contributed by atoms with Crippen molar-refractivity contribution < 1.29 is 4.79 Å². The van der Waals surface area contributed by atoms with Gasteiger partial charge in [0.2, 0.25) is 0 Å². The third-order valence-electron chi connectivity index (χ3n) is 4.41. The zero-order valence-electron chi connectivity index (χ0n) is 11.4. The van der Waals surface area contributed by atoms with Gasteiger partial charge in [-0.2, -0.15) is 0 Å². The molecule has 0 heterocycles. The van der Waals surface area contributed by atoms with Crippen molar-refractivity contribution in [2.24, 2.45) is 5.92 Å². The predicted octanol–water partition coefficient (Wildman–Crippen LogP) is 3.26. The van der Waals surface area contributed by atoms with Gasteiger partial charge in [-0.3, -0.25) is 9.69 Å². The van der Waals surface area contributed by atoms with Crippen molar-refractivity contribution in [3.63, 3.8) is 0 Å². The van der Waals surface area contributed by atoms with Crippen LogP contribution in [0.5, 0.6) is 0 Å². The Morgan fingerprint density at radius 1 is 1.19 bits per heavy atom. The lowest BCUT2D eigenvalue weighted by molar-refractivity contribution is -0.134. The number of ketones is 1. The molecule has 1 atom stereocenters. The highest BCUT2D eigenvalue weighted by Crippen LogP contribution is 2.33. The van der Waals surface area contributed by atoms with E-state index in [4.69, 9.17) is 0 Å². The highest BCUT2D eigenvalue weighted by molar-refractivity contribution is 5.90. The second-order valence-corrected chi connectivity index (χ2v) is 5.15. The van der Waals surface area contributed by atoms with Crippen molar-refractivity contribution in [2.45, 2.75) is 65.3 Å². The zero-order chi connectivity index (χ0) is 12.2. The van der Waals surface area contributed by atoms with Gasteiger partial charge in [0.1, 0.15) is 0 Å². The first kappa shape index (κ1) is 13.7. The van der Waals surface area contributed by atoms with Crippen LogP contribution in [0.3, 0.4) is 0 Å². The summed E-state index contributed by atoms with van der Waals surface area (Å²) in [5.74, 6) is 0.835. The highest BCUT2D eigenvalue weighted by atomic mass is 16.1. The van der Waals surface area contributed by atoms with Gasteiger partial charge in [0, 0.05) is 5.92 Å². The summed E-state index contributed by atoms with van der Waals surface area (Å²) in [6, 6.07) is 0. The first-order chi connectivity index (χ1) is 7.60. The second-order valence-electron chi connectivity index (χ2n) is 5.15. The van der Waals surface area contributed by atoms with Crippen molar-refractivity contribution in [3.05, 3.63) is 0 Å². The zero-order valence-corrected chi connectivity index (χ0v) is 11.4. The van der Waals surface area contributed by atoms with Crippen LogP contribution in [0.2, 0.25) is 0 Å². The minimum Gasteiger partial charge on any atom is -0.297 e. The maximum Gasteiger partial charge on any atom is 0.155 e. The quantitative estimate of drug-likeness (QED) is 0.691. The average molecular weight is 225 g/mol. The van der Waals surface area contributed by atoms with Crippen molar-refractivity contribution in [1.82, 2.24) is 4.90 Å². The van der Waals surface area contributed by atoms with Gasteiger partial charge in [0.25, 0.3) is 0 Å². The van der Waals surface area contributed by atoms with Crippen molar-refractivity contribution in [2.75, 3.05) is 13.1 Å². The van der Waals surface area contributed by atoms with E-state index in [9.17, 15) is 4.79 Å². The van der Waals surface area contributed by atoms with E-state index in [-0.39, 0.29) is 5.54 Å². The maximum absolute atomic E-state index is 12.6. The van der Waals surface area contributed by atoms with E-state index in [2.05, 4.69) is 32.6 Å². The summed E-state index contributed by atoms with van der Waals surface area (Å²) in [7, 11) is 0. The van der Waals surface area contributed by atoms with Crippen molar-refractivity contribution >= 4 is 5.78 Å². The van der Waals surface area contributed by atoms with Gasteiger partial charge in [-0.05, 0) is 39.3 Å². The Morgan fingerprint density at radius 2 is 1.69 bits per heavy atom. The van der Waals surface area contributed by atoms with E-state index in [1.54, 1.807) is 0 Å². The molecule has 2 nitrogen and oxygen atoms in total. The molecule has 1 rings (SSSR count). The summed E-state index contributed by atoms with van der Waals surface area (Å²) in [5.41, 5.74) is -0.224. The first-order valence-electron chi connectivity index (χ1n) is 6.89. The van der Waals surface area contributed by atoms with E-state index >= 15 is 0 Å². The number of nitrogens with zero attached hydrogens (tertiary/aromatic N) is 1. The number of hydrogen-bond donors (Lipinski definition) is 0. The Balaban J connectivity index is 2.80.